The first-order valence-electron chi connectivity index (χ1n) is 5.61. The molecule has 2 rings (SSSR count). The average molecular weight is 201 g/mol. The molecule has 78 valence electrons. The van der Waals surface area contributed by atoms with Crippen LogP contribution in [-0.2, 0) is 0 Å². The first-order valence-corrected chi connectivity index (χ1v) is 5.61. The zero-order valence-corrected chi connectivity index (χ0v) is 9.12. The van der Waals surface area contributed by atoms with Crippen LogP contribution >= 0.6 is 0 Å². The van der Waals surface area contributed by atoms with Gasteiger partial charge in [-0.15, -0.1) is 0 Å². The van der Waals surface area contributed by atoms with Crippen molar-refractivity contribution >= 4 is 23.8 Å². The van der Waals surface area contributed by atoms with Gasteiger partial charge < -0.3 is 0 Å². The Balaban J connectivity index is 1.96. The van der Waals surface area contributed by atoms with E-state index in [1.54, 1.807) is 7.13 Å². The van der Waals surface area contributed by atoms with E-state index in [0.717, 1.165) is 17.5 Å². The molecule has 1 aromatic heterocycles. The Kier molecular flexibility index (Phi) is 3.43. The summed E-state index contributed by atoms with van der Waals surface area (Å²) in [6.07, 6.45) is 3.79. The number of rotatable bonds is 5. The number of fused-ring (bicyclic) bond motifs is 1. The molecule has 1 heterocycles. The monoisotopic (exact) mass is 201 g/mol. The zero-order valence-electron chi connectivity index (χ0n) is 9.12. The Hall–Kier alpha value is -1.25. The Morgan fingerprint density at radius 1 is 1.33 bits per heavy atom. The van der Waals surface area contributed by atoms with Gasteiger partial charge in [0.25, 0.3) is 0 Å². The molecule has 2 nitrogen and oxygen atoms in total. The van der Waals surface area contributed by atoms with Crippen LogP contribution in [0.2, 0.25) is 0 Å². The van der Waals surface area contributed by atoms with E-state index in [9.17, 15) is 0 Å². The first kappa shape index (κ1) is 10.3. The second-order valence-corrected chi connectivity index (χ2v) is 3.81. The van der Waals surface area contributed by atoms with Crippen LogP contribution in [0.5, 0.6) is 0 Å². The van der Waals surface area contributed by atoms with Gasteiger partial charge in [-0.1, -0.05) is 0 Å². The quantitative estimate of drug-likeness (QED) is 0.750. The summed E-state index contributed by atoms with van der Waals surface area (Å²) in [4.78, 5) is 0. The van der Waals surface area contributed by atoms with E-state index in [1.165, 1.54) is 24.9 Å². The number of nitrogens with one attached hydrogen (secondary N) is 1. The van der Waals surface area contributed by atoms with Gasteiger partial charge in [0.1, 0.15) is 0 Å². The van der Waals surface area contributed by atoms with Crippen molar-refractivity contribution in [2.24, 2.45) is 0 Å². The van der Waals surface area contributed by atoms with Crippen LogP contribution in [0.4, 0.5) is 5.69 Å². The molecule has 0 unspecified atom stereocenters. The summed E-state index contributed by atoms with van der Waals surface area (Å²) in [5.41, 5.74) is 2.13. The van der Waals surface area contributed by atoms with Crippen LogP contribution in [0.25, 0.3) is 11.0 Å². The summed E-state index contributed by atoms with van der Waals surface area (Å²) in [6, 6.07) is 6.21. The molecule has 1 aromatic carbocycles. The molecule has 0 fully saturated rings. The molecule has 15 heavy (non-hydrogen) atoms. The van der Waals surface area contributed by atoms with E-state index in [-0.39, 0.29) is 0 Å². The second kappa shape index (κ2) is 5.01. The third-order valence-corrected chi connectivity index (χ3v) is 2.56. The van der Waals surface area contributed by atoms with Crippen LogP contribution in [0.1, 0.15) is 26.2 Å². The van der Waals surface area contributed by atoms with Gasteiger partial charge in [0, 0.05) is 0 Å². The van der Waals surface area contributed by atoms with Gasteiger partial charge in [-0.2, -0.15) is 0 Å². The van der Waals surface area contributed by atoms with Crippen molar-refractivity contribution in [2.45, 2.75) is 26.2 Å². The number of hydrogen-bond acceptors (Lipinski definition) is 2. The van der Waals surface area contributed by atoms with Gasteiger partial charge in [-0.05, 0) is 0 Å². The van der Waals surface area contributed by atoms with Crippen molar-refractivity contribution in [3.63, 3.8) is 0 Å². The fourth-order valence-electron chi connectivity index (χ4n) is 1.68. The van der Waals surface area contributed by atoms with E-state index < -0.39 is 0 Å². The molecule has 0 bridgehead atoms. The molecule has 3 heteroatoms. The van der Waals surface area contributed by atoms with Gasteiger partial charge in [-0.25, -0.2) is 0 Å². The van der Waals surface area contributed by atoms with Gasteiger partial charge in [-0.3, -0.25) is 0 Å². The minimum absolute atomic E-state index is 0.953. The van der Waals surface area contributed by atoms with Crippen molar-refractivity contribution in [1.29, 1.82) is 0 Å². The maximum absolute atomic E-state index is 5.29. The molecular weight excluding hydrogens is 185 g/mol. The predicted molar refractivity (Wildman–Crippen MR) is 65.6 cm³/mol. The molecule has 0 saturated heterocycles. The molecular formula is C12H16BNO. The standard InChI is InChI=1S/C12H16BNO/c1-2-3-4-7-14-11-5-6-12-10(8-11)9-13-15-12/h5-6,8-9,14H,2-4,7H2,1H3. The molecule has 0 amide bonds. The van der Waals surface area contributed by atoms with Crippen LogP contribution in [0.15, 0.2) is 28.5 Å². The minimum atomic E-state index is 0.953. The van der Waals surface area contributed by atoms with Crippen molar-refractivity contribution in [3.8, 4) is 0 Å². The van der Waals surface area contributed by atoms with Gasteiger partial charge in [0.15, 0.2) is 0 Å². The fraction of sp³-hybridized carbons (Fsp3) is 0.417. The fourth-order valence-corrected chi connectivity index (χ4v) is 1.68. The molecule has 0 atom stereocenters. The predicted octanol–water partition coefficient (Wildman–Crippen LogP) is 3.37. The maximum atomic E-state index is 5.29. The Morgan fingerprint density at radius 2 is 2.27 bits per heavy atom. The van der Waals surface area contributed by atoms with E-state index >= 15 is 0 Å². The number of benzene rings is 1. The molecule has 0 aliphatic rings. The summed E-state index contributed by atoms with van der Waals surface area (Å²) in [6.45, 7) is 3.27. The second-order valence-electron chi connectivity index (χ2n) is 3.81. The molecule has 0 radical (unpaired) electrons. The average Bonchev–Trinajstić information content (AvgIpc) is 2.71. The molecule has 0 aliphatic heterocycles. The van der Waals surface area contributed by atoms with Gasteiger partial charge >= 0.3 is 90.3 Å². The van der Waals surface area contributed by atoms with Crippen LogP contribution in [-0.4, -0.2) is 13.7 Å². The van der Waals surface area contributed by atoms with Crippen molar-refractivity contribution in [3.05, 3.63) is 24.2 Å². The summed E-state index contributed by atoms with van der Waals surface area (Å²) in [5.74, 6) is 1.99. The Bertz CT molecular complexity index is 424. The first-order chi connectivity index (χ1) is 7.40. The third-order valence-electron chi connectivity index (χ3n) is 2.56. The topological polar surface area (TPSA) is 25.2 Å². The van der Waals surface area contributed by atoms with Crippen molar-refractivity contribution in [1.82, 2.24) is 0 Å². The van der Waals surface area contributed by atoms with E-state index in [4.69, 9.17) is 4.33 Å². The Labute approximate surface area is 90.9 Å². The number of anilines is 1. The van der Waals surface area contributed by atoms with Crippen LogP contribution in [0, 0.1) is 0 Å². The van der Waals surface area contributed by atoms with Crippen LogP contribution < -0.4 is 5.32 Å². The van der Waals surface area contributed by atoms with E-state index in [0.29, 0.717) is 0 Å². The summed E-state index contributed by atoms with van der Waals surface area (Å²) >= 11 is 0. The zero-order chi connectivity index (χ0) is 10.5. The normalized spacial score (nSPS) is 10.5. The van der Waals surface area contributed by atoms with Gasteiger partial charge in [0.05, 0.1) is 0 Å². The summed E-state index contributed by atoms with van der Waals surface area (Å²) in [5, 5.41) is 4.58. The van der Waals surface area contributed by atoms with Gasteiger partial charge in [0.2, 0.25) is 0 Å². The summed E-state index contributed by atoms with van der Waals surface area (Å²) < 4.78 is 5.29. The molecule has 2 aromatic rings. The molecule has 0 aliphatic carbocycles. The van der Waals surface area contributed by atoms with Crippen molar-refractivity contribution in [2.75, 3.05) is 11.9 Å². The number of unbranched alkanes of at least 4 members (excludes halogenated alkanes) is 2. The third kappa shape index (κ3) is 2.61. The van der Waals surface area contributed by atoms with Crippen molar-refractivity contribution < 1.29 is 4.33 Å². The Morgan fingerprint density at radius 3 is 3.13 bits per heavy atom. The summed E-state index contributed by atoms with van der Waals surface area (Å²) in [7, 11) is 1.73. The molecule has 0 spiro atoms. The molecule has 1 N–H and O–H groups in total. The molecule has 0 saturated carbocycles. The van der Waals surface area contributed by atoms with E-state index in [1.807, 2.05) is 12.0 Å². The SMILES string of the molecule is CCCCCNc1ccc2obcc2c1. The van der Waals surface area contributed by atoms with Crippen LogP contribution in [0.3, 0.4) is 0 Å². The number of hydrogen-bond donors (Lipinski definition) is 1. The van der Waals surface area contributed by atoms with E-state index in [2.05, 4.69) is 24.4 Å².